The summed E-state index contributed by atoms with van der Waals surface area (Å²) in [5.41, 5.74) is -0.0721. The van der Waals surface area contributed by atoms with E-state index in [2.05, 4.69) is 10.4 Å². The second kappa shape index (κ2) is 9.06. The molecule has 3 aromatic rings. The number of aromatic nitrogens is 2. The summed E-state index contributed by atoms with van der Waals surface area (Å²) in [6.07, 6.45) is 0.645. The smallest absolute Gasteiger partial charge is 0.359 e. The summed E-state index contributed by atoms with van der Waals surface area (Å²) < 4.78 is 28.8. The Morgan fingerprint density at radius 3 is 2.35 bits per heavy atom. The van der Waals surface area contributed by atoms with Crippen molar-refractivity contribution in [3.8, 4) is 0 Å². The lowest BCUT2D eigenvalue weighted by Gasteiger charge is -2.10. The number of nitrogens with two attached hydrogens (primary N) is 1. The number of rotatable bonds is 7. The van der Waals surface area contributed by atoms with Crippen LogP contribution in [0.4, 0.5) is 5.69 Å². The van der Waals surface area contributed by atoms with Gasteiger partial charge in [-0.15, -0.1) is 0 Å². The van der Waals surface area contributed by atoms with Crippen LogP contribution in [0, 0.1) is 0 Å². The van der Waals surface area contributed by atoms with Crippen LogP contribution in [0.15, 0.2) is 58.2 Å². The van der Waals surface area contributed by atoms with Crippen molar-refractivity contribution in [3.05, 3.63) is 64.6 Å². The first-order chi connectivity index (χ1) is 14.7. The van der Waals surface area contributed by atoms with Crippen LogP contribution in [0.25, 0.3) is 10.8 Å². The van der Waals surface area contributed by atoms with E-state index in [0.29, 0.717) is 29.4 Å². The quantitative estimate of drug-likeness (QED) is 0.521. The summed E-state index contributed by atoms with van der Waals surface area (Å²) in [6.45, 7) is 1.61. The highest BCUT2D eigenvalue weighted by molar-refractivity contribution is 7.89. The minimum absolute atomic E-state index is 0.0612. The fourth-order valence-corrected chi connectivity index (χ4v) is 3.39. The molecule has 3 N–H and O–H groups in total. The van der Waals surface area contributed by atoms with Gasteiger partial charge in [-0.25, -0.2) is 23.0 Å². The van der Waals surface area contributed by atoms with Crippen molar-refractivity contribution in [1.29, 1.82) is 0 Å². The molecule has 1 amide bonds. The van der Waals surface area contributed by atoms with Crippen LogP contribution >= 0.6 is 0 Å². The monoisotopic (exact) mass is 444 g/mol. The van der Waals surface area contributed by atoms with Crippen LogP contribution in [-0.4, -0.2) is 36.7 Å². The molecule has 0 spiro atoms. The van der Waals surface area contributed by atoms with Gasteiger partial charge in [-0.1, -0.05) is 25.1 Å². The number of sulfonamides is 1. The Balaban J connectivity index is 1.73. The molecular formula is C20H20N4O6S. The highest BCUT2D eigenvalue weighted by Crippen LogP contribution is 2.15. The molecule has 3 rings (SSSR count). The lowest BCUT2D eigenvalue weighted by atomic mass is 10.1. The fraction of sp³-hybridized carbons (Fsp3) is 0.200. The lowest BCUT2D eigenvalue weighted by Crippen LogP contribution is -2.27. The maximum atomic E-state index is 12.6. The number of carbonyl (C=O) groups excluding carboxylic acids is 2. The largest absolute Gasteiger partial charge is 0.451 e. The minimum Gasteiger partial charge on any atom is -0.451 e. The molecule has 31 heavy (non-hydrogen) atoms. The number of nitrogens with one attached hydrogen (secondary N) is 1. The van der Waals surface area contributed by atoms with Crippen LogP contribution in [0.1, 0.15) is 23.8 Å². The van der Waals surface area contributed by atoms with Crippen molar-refractivity contribution in [2.24, 2.45) is 5.14 Å². The normalized spacial score (nSPS) is 11.3. The minimum atomic E-state index is -3.84. The molecule has 1 aromatic heterocycles. The van der Waals surface area contributed by atoms with Crippen molar-refractivity contribution in [1.82, 2.24) is 9.78 Å². The topological polar surface area (TPSA) is 150 Å². The van der Waals surface area contributed by atoms with Gasteiger partial charge in [-0.3, -0.25) is 9.59 Å². The van der Waals surface area contributed by atoms with E-state index in [4.69, 9.17) is 9.88 Å². The molecule has 0 aliphatic rings. The van der Waals surface area contributed by atoms with Gasteiger partial charge in [0.05, 0.1) is 10.3 Å². The van der Waals surface area contributed by atoms with Crippen LogP contribution in [-0.2, 0) is 26.1 Å². The number of ether oxygens (including phenoxy) is 1. The Kier molecular flexibility index (Phi) is 6.47. The third-order valence-corrected chi connectivity index (χ3v) is 5.23. The molecule has 0 unspecified atom stereocenters. The van der Waals surface area contributed by atoms with E-state index in [1.165, 1.54) is 28.9 Å². The standard InChI is InChI=1S/C20H20N4O6S/c1-2-11-24-19(26)16-6-4-3-5-15(16)18(23-24)20(27)30-12-17(25)22-13-7-9-14(10-8-13)31(21,28)29/h3-10H,2,11-12H2,1H3,(H,22,25)(H2,21,28,29). The number of fused-ring (bicyclic) bond motifs is 1. The van der Waals surface area contributed by atoms with Crippen LogP contribution in [0.3, 0.4) is 0 Å². The van der Waals surface area contributed by atoms with Crippen LogP contribution < -0.4 is 16.0 Å². The summed E-state index contributed by atoms with van der Waals surface area (Å²) in [5.74, 6) is -1.48. The van der Waals surface area contributed by atoms with Gasteiger partial charge in [0.25, 0.3) is 11.5 Å². The molecule has 0 fully saturated rings. The van der Waals surface area contributed by atoms with E-state index in [-0.39, 0.29) is 16.1 Å². The van der Waals surface area contributed by atoms with E-state index in [1.54, 1.807) is 24.3 Å². The van der Waals surface area contributed by atoms with Gasteiger partial charge in [0, 0.05) is 17.6 Å². The van der Waals surface area contributed by atoms with Gasteiger partial charge in [0.2, 0.25) is 10.0 Å². The van der Waals surface area contributed by atoms with Crippen molar-refractivity contribution < 1.29 is 22.7 Å². The second-order valence-corrected chi connectivity index (χ2v) is 8.18. The van der Waals surface area contributed by atoms with Gasteiger partial charge in [0.15, 0.2) is 12.3 Å². The fourth-order valence-electron chi connectivity index (χ4n) is 2.87. The maximum absolute atomic E-state index is 12.6. The molecule has 162 valence electrons. The molecule has 0 aliphatic carbocycles. The molecule has 0 saturated heterocycles. The third-order valence-electron chi connectivity index (χ3n) is 4.30. The predicted octanol–water partition coefficient (Wildman–Crippen LogP) is 1.25. The summed E-state index contributed by atoms with van der Waals surface area (Å²) in [6, 6.07) is 11.7. The number of hydrogen-bond donors (Lipinski definition) is 2. The number of nitrogens with zero attached hydrogens (tertiary/aromatic N) is 2. The number of esters is 1. The molecule has 0 bridgehead atoms. The van der Waals surface area contributed by atoms with Gasteiger partial charge >= 0.3 is 5.97 Å². The zero-order valence-electron chi connectivity index (χ0n) is 16.6. The van der Waals surface area contributed by atoms with Crippen LogP contribution in [0.5, 0.6) is 0 Å². The molecular weight excluding hydrogens is 424 g/mol. The van der Waals surface area contributed by atoms with Crippen molar-refractivity contribution in [3.63, 3.8) is 0 Å². The number of primary sulfonamides is 1. The number of carbonyl (C=O) groups is 2. The average molecular weight is 444 g/mol. The number of aryl methyl sites for hydroxylation is 1. The Morgan fingerprint density at radius 2 is 1.74 bits per heavy atom. The molecule has 2 aromatic carbocycles. The molecule has 0 saturated carbocycles. The number of hydrogen-bond acceptors (Lipinski definition) is 7. The maximum Gasteiger partial charge on any atom is 0.359 e. The Labute approximate surface area is 177 Å². The zero-order chi connectivity index (χ0) is 22.6. The summed E-state index contributed by atoms with van der Waals surface area (Å²) in [4.78, 5) is 37.1. The number of anilines is 1. The molecule has 10 nitrogen and oxygen atoms in total. The first kappa shape index (κ1) is 22.1. The predicted molar refractivity (Wildman–Crippen MR) is 113 cm³/mol. The van der Waals surface area contributed by atoms with Gasteiger partial charge in [0.1, 0.15) is 0 Å². The van der Waals surface area contributed by atoms with Crippen molar-refractivity contribution in [2.75, 3.05) is 11.9 Å². The number of benzene rings is 2. The summed E-state index contributed by atoms with van der Waals surface area (Å²) in [5, 5.41) is 12.3. The molecule has 1 heterocycles. The first-order valence-electron chi connectivity index (χ1n) is 9.30. The van der Waals surface area contributed by atoms with E-state index in [0.717, 1.165) is 0 Å². The SMILES string of the molecule is CCCn1nc(C(=O)OCC(=O)Nc2ccc(S(N)(=O)=O)cc2)c2ccccc2c1=O. The summed E-state index contributed by atoms with van der Waals surface area (Å²) in [7, 11) is -3.84. The van der Waals surface area contributed by atoms with Gasteiger partial charge in [-0.2, -0.15) is 5.10 Å². The van der Waals surface area contributed by atoms with Gasteiger partial charge in [-0.05, 0) is 36.8 Å². The summed E-state index contributed by atoms with van der Waals surface area (Å²) >= 11 is 0. The highest BCUT2D eigenvalue weighted by atomic mass is 32.2. The van der Waals surface area contributed by atoms with Crippen LogP contribution in [0.2, 0.25) is 0 Å². The zero-order valence-corrected chi connectivity index (χ0v) is 17.4. The molecule has 0 radical (unpaired) electrons. The second-order valence-electron chi connectivity index (χ2n) is 6.62. The average Bonchev–Trinajstić information content (AvgIpc) is 2.74. The van der Waals surface area contributed by atoms with E-state index < -0.39 is 28.5 Å². The Bertz CT molecular complexity index is 1300. The highest BCUT2D eigenvalue weighted by Gasteiger charge is 2.19. The Hall–Kier alpha value is -3.57. The lowest BCUT2D eigenvalue weighted by molar-refractivity contribution is -0.119. The molecule has 0 aliphatic heterocycles. The molecule has 0 atom stereocenters. The number of amides is 1. The van der Waals surface area contributed by atoms with E-state index in [1.807, 2.05) is 6.92 Å². The van der Waals surface area contributed by atoms with Gasteiger partial charge < -0.3 is 10.1 Å². The van der Waals surface area contributed by atoms with E-state index in [9.17, 15) is 22.8 Å². The Morgan fingerprint density at radius 1 is 1.10 bits per heavy atom. The van der Waals surface area contributed by atoms with Crippen molar-refractivity contribution >= 4 is 38.4 Å². The van der Waals surface area contributed by atoms with Crippen molar-refractivity contribution in [2.45, 2.75) is 24.8 Å². The first-order valence-corrected chi connectivity index (χ1v) is 10.8. The molecule has 11 heteroatoms. The third kappa shape index (κ3) is 5.13. The van der Waals surface area contributed by atoms with E-state index >= 15 is 0 Å².